The normalized spacial score (nSPS) is 18.3. The fourth-order valence-corrected chi connectivity index (χ4v) is 3.82. The lowest BCUT2D eigenvalue weighted by atomic mass is 10.0. The second-order valence-corrected chi connectivity index (χ2v) is 7.38. The highest BCUT2D eigenvalue weighted by Crippen LogP contribution is 2.30. The molecule has 0 unspecified atom stereocenters. The van der Waals surface area contributed by atoms with Crippen LogP contribution in [0.25, 0.3) is 6.08 Å². The monoisotopic (exact) mass is 374 g/mol. The fourth-order valence-electron chi connectivity index (χ4n) is 3.64. The summed E-state index contributed by atoms with van der Waals surface area (Å²) in [5, 5.41) is 18.1. The number of rotatable bonds is 5. The average Bonchev–Trinajstić information content (AvgIpc) is 3.11. The molecule has 0 spiro atoms. The zero-order valence-corrected chi connectivity index (χ0v) is 15.4. The molecule has 6 nitrogen and oxygen atoms in total. The number of aliphatic hydroxyl groups is 1. The Labute approximate surface area is 158 Å². The number of piperidine rings is 1. The maximum absolute atomic E-state index is 9.00. The number of likely N-dealkylation sites (tertiary alicyclic amines) is 1. The minimum absolute atomic E-state index is 0.114. The molecule has 3 heterocycles. The summed E-state index contributed by atoms with van der Waals surface area (Å²) in [7, 11) is 0. The highest BCUT2D eigenvalue weighted by atomic mass is 35.5. The van der Waals surface area contributed by atoms with Crippen molar-refractivity contribution in [3.8, 4) is 5.75 Å². The second kappa shape index (κ2) is 7.78. The van der Waals surface area contributed by atoms with Gasteiger partial charge in [-0.25, -0.2) is 4.68 Å². The molecule has 1 aromatic carbocycles. The molecule has 0 aliphatic carbocycles. The Hall–Kier alpha value is -1.89. The number of benzene rings is 1. The van der Waals surface area contributed by atoms with E-state index in [4.69, 9.17) is 21.4 Å². The van der Waals surface area contributed by atoms with Gasteiger partial charge in [-0.05, 0) is 42.7 Å². The topological polar surface area (TPSA) is 63.4 Å². The Morgan fingerprint density at radius 1 is 1.27 bits per heavy atom. The van der Waals surface area contributed by atoms with E-state index < -0.39 is 0 Å². The van der Waals surface area contributed by atoms with Gasteiger partial charge in [0, 0.05) is 49.4 Å². The minimum Gasteiger partial charge on any atom is -0.489 e. The number of hydrogen-bond acceptors (Lipinski definition) is 5. The van der Waals surface area contributed by atoms with Crippen molar-refractivity contribution in [3.05, 3.63) is 46.2 Å². The van der Waals surface area contributed by atoms with Crippen LogP contribution in [0.4, 0.5) is 0 Å². The SMILES string of the molecule is OCCc1cn(C2CCN(CC3=Cc4cc(Cl)ccc4OC3)CC2)nn1. The Balaban J connectivity index is 1.34. The molecule has 1 aromatic heterocycles. The van der Waals surface area contributed by atoms with Crippen LogP contribution in [0, 0.1) is 0 Å². The van der Waals surface area contributed by atoms with Crippen LogP contribution in [0.15, 0.2) is 30.0 Å². The van der Waals surface area contributed by atoms with Gasteiger partial charge in [0.05, 0.1) is 11.7 Å². The highest BCUT2D eigenvalue weighted by molar-refractivity contribution is 6.30. The molecular weight excluding hydrogens is 352 g/mol. The van der Waals surface area contributed by atoms with Crippen LogP contribution < -0.4 is 4.74 Å². The summed E-state index contributed by atoms with van der Waals surface area (Å²) >= 11 is 6.09. The van der Waals surface area contributed by atoms with Crippen molar-refractivity contribution in [2.75, 3.05) is 32.8 Å². The maximum atomic E-state index is 9.00. The maximum Gasteiger partial charge on any atom is 0.127 e. The van der Waals surface area contributed by atoms with Gasteiger partial charge in [0.2, 0.25) is 0 Å². The number of fused-ring (bicyclic) bond motifs is 1. The molecule has 7 heteroatoms. The van der Waals surface area contributed by atoms with E-state index in [1.165, 1.54) is 5.57 Å². The molecule has 0 bridgehead atoms. The van der Waals surface area contributed by atoms with E-state index in [1.807, 2.05) is 29.1 Å². The molecule has 0 saturated carbocycles. The van der Waals surface area contributed by atoms with Gasteiger partial charge in [-0.1, -0.05) is 16.8 Å². The van der Waals surface area contributed by atoms with Gasteiger partial charge in [0.15, 0.2) is 0 Å². The van der Waals surface area contributed by atoms with Crippen molar-refractivity contribution >= 4 is 17.7 Å². The smallest absolute Gasteiger partial charge is 0.127 e. The van der Waals surface area contributed by atoms with Crippen LogP contribution in [-0.4, -0.2) is 57.8 Å². The molecule has 2 aliphatic heterocycles. The van der Waals surface area contributed by atoms with Crippen LogP contribution >= 0.6 is 11.6 Å². The zero-order valence-electron chi connectivity index (χ0n) is 14.6. The molecule has 0 atom stereocenters. The molecule has 0 radical (unpaired) electrons. The fraction of sp³-hybridized carbons (Fsp3) is 0.474. The van der Waals surface area contributed by atoms with Crippen LogP contribution in [0.2, 0.25) is 5.02 Å². The van der Waals surface area contributed by atoms with Crippen molar-refractivity contribution in [2.45, 2.75) is 25.3 Å². The lowest BCUT2D eigenvalue weighted by molar-refractivity contribution is 0.185. The molecule has 0 amide bonds. The van der Waals surface area contributed by atoms with Gasteiger partial charge in [-0.15, -0.1) is 5.10 Å². The Morgan fingerprint density at radius 3 is 2.92 bits per heavy atom. The predicted octanol–water partition coefficient (Wildman–Crippen LogP) is 2.58. The van der Waals surface area contributed by atoms with E-state index in [1.54, 1.807) is 0 Å². The van der Waals surface area contributed by atoms with E-state index in [-0.39, 0.29) is 6.61 Å². The third-order valence-electron chi connectivity index (χ3n) is 5.03. The quantitative estimate of drug-likeness (QED) is 0.871. The standard InChI is InChI=1S/C19H23ClN4O2/c20-16-1-2-19-15(10-16)9-14(13-26-19)11-23-6-3-18(4-7-23)24-12-17(5-8-25)21-22-24/h1-2,9-10,12,18,25H,3-8,11,13H2. The summed E-state index contributed by atoms with van der Waals surface area (Å²) in [6.45, 7) is 3.73. The Morgan fingerprint density at radius 2 is 2.12 bits per heavy atom. The molecular formula is C19H23ClN4O2. The molecule has 2 aromatic rings. The predicted molar refractivity (Wildman–Crippen MR) is 100 cm³/mol. The molecule has 138 valence electrons. The molecule has 4 rings (SSSR count). The third-order valence-corrected chi connectivity index (χ3v) is 5.26. The van der Waals surface area contributed by atoms with E-state index >= 15 is 0 Å². The van der Waals surface area contributed by atoms with Crippen molar-refractivity contribution in [1.82, 2.24) is 19.9 Å². The number of aromatic nitrogens is 3. The first kappa shape index (κ1) is 17.5. The first-order valence-electron chi connectivity index (χ1n) is 9.07. The summed E-state index contributed by atoms with van der Waals surface area (Å²) in [5.41, 5.74) is 3.20. The summed E-state index contributed by atoms with van der Waals surface area (Å²) in [4.78, 5) is 2.47. The van der Waals surface area contributed by atoms with Crippen LogP contribution in [0.1, 0.15) is 30.1 Å². The van der Waals surface area contributed by atoms with Crippen molar-refractivity contribution in [1.29, 1.82) is 0 Å². The van der Waals surface area contributed by atoms with Crippen LogP contribution in [0.5, 0.6) is 5.75 Å². The molecule has 1 saturated heterocycles. The van der Waals surface area contributed by atoms with Crippen molar-refractivity contribution < 1.29 is 9.84 Å². The summed E-state index contributed by atoms with van der Waals surface area (Å²) < 4.78 is 7.81. The van der Waals surface area contributed by atoms with Gasteiger partial charge in [-0.3, -0.25) is 4.90 Å². The lowest BCUT2D eigenvalue weighted by Gasteiger charge is -2.33. The largest absolute Gasteiger partial charge is 0.489 e. The van der Waals surface area contributed by atoms with E-state index in [0.717, 1.165) is 54.5 Å². The number of hydrogen-bond donors (Lipinski definition) is 1. The minimum atomic E-state index is 0.114. The molecule has 1 N–H and O–H groups in total. The summed E-state index contributed by atoms with van der Waals surface area (Å²) in [6, 6.07) is 6.14. The Bertz CT molecular complexity index is 797. The van der Waals surface area contributed by atoms with Crippen LogP contribution in [0.3, 0.4) is 0 Å². The number of aliphatic hydroxyl groups excluding tert-OH is 1. The van der Waals surface area contributed by atoms with E-state index in [2.05, 4.69) is 21.3 Å². The zero-order chi connectivity index (χ0) is 17.9. The van der Waals surface area contributed by atoms with Gasteiger partial charge in [0.25, 0.3) is 0 Å². The first-order chi connectivity index (χ1) is 12.7. The summed E-state index contributed by atoms with van der Waals surface area (Å²) in [6.07, 6.45) is 6.85. The van der Waals surface area contributed by atoms with Gasteiger partial charge in [-0.2, -0.15) is 0 Å². The van der Waals surface area contributed by atoms with Gasteiger partial charge >= 0.3 is 0 Å². The van der Waals surface area contributed by atoms with Gasteiger partial charge < -0.3 is 9.84 Å². The van der Waals surface area contributed by atoms with E-state index in [9.17, 15) is 0 Å². The van der Waals surface area contributed by atoms with Crippen LogP contribution in [-0.2, 0) is 6.42 Å². The summed E-state index contributed by atoms with van der Waals surface area (Å²) in [5.74, 6) is 0.904. The Kier molecular flexibility index (Phi) is 5.24. The average molecular weight is 375 g/mol. The molecule has 2 aliphatic rings. The second-order valence-electron chi connectivity index (χ2n) is 6.94. The molecule has 1 fully saturated rings. The highest BCUT2D eigenvalue weighted by Gasteiger charge is 2.23. The number of halogens is 1. The molecule has 26 heavy (non-hydrogen) atoms. The first-order valence-corrected chi connectivity index (χ1v) is 9.45. The number of ether oxygens (including phenoxy) is 1. The van der Waals surface area contributed by atoms with Crippen molar-refractivity contribution in [3.63, 3.8) is 0 Å². The van der Waals surface area contributed by atoms with Gasteiger partial charge in [0.1, 0.15) is 12.4 Å². The van der Waals surface area contributed by atoms with E-state index in [0.29, 0.717) is 19.1 Å². The van der Waals surface area contributed by atoms with Crippen molar-refractivity contribution in [2.24, 2.45) is 0 Å². The lowest BCUT2D eigenvalue weighted by Crippen LogP contribution is -2.37. The third kappa shape index (κ3) is 3.92. The number of nitrogens with zero attached hydrogens (tertiary/aromatic N) is 4.